The van der Waals surface area contributed by atoms with Crippen molar-refractivity contribution in [1.29, 1.82) is 0 Å². The fraction of sp³-hybridized carbons (Fsp3) is 0.719. The van der Waals surface area contributed by atoms with E-state index in [4.69, 9.17) is 19.9 Å². The van der Waals surface area contributed by atoms with Crippen molar-refractivity contribution < 1.29 is 70.6 Å². The lowest BCUT2D eigenvalue weighted by molar-refractivity contribution is -0.148. The van der Waals surface area contributed by atoms with Crippen molar-refractivity contribution in [2.75, 3.05) is 73.5 Å². The number of primary amides is 1. The Kier molecular flexibility index (Phi) is 30.7. The number of benzene rings is 1. The van der Waals surface area contributed by atoms with Gasteiger partial charge in [0, 0.05) is 70.6 Å². The molecule has 3 rings (SSSR count). The van der Waals surface area contributed by atoms with Gasteiger partial charge in [-0.25, -0.2) is 13.2 Å². The molecule has 8 N–H and O–H groups in total. The van der Waals surface area contributed by atoms with Crippen LogP contribution < -0.4 is 37.0 Å². The number of ether oxygens (including phenoxy) is 3. The molecule has 0 radical (unpaired) electrons. The van der Waals surface area contributed by atoms with Crippen molar-refractivity contribution in [3.05, 3.63) is 42.0 Å². The summed E-state index contributed by atoms with van der Waals surface area (Å²) in [5, 5.41) is 13.7. The first kappa shape index (κ1) is 78.7. The van der Waals surface area contributed by atoms with Gasteiger partial charge in [-0.05, 0) is 86.6 Å². The Morgan fingerprint density at radius 3 is 1.88 bits per heavy atom. The van der Waals surface area contributed by atoms with Gasteiger partial charge in [0.15, 0.2) is 0 Å². The number of urea groups is 1. The van der Waals surface area contributed by atoms with Crippen LogP contribution in [0, 0.1) is 40.4 Å². The summed E-state index contributed by atoms with van der Waals surface area (Å²) in [6, 6.07) is 0.275. The van der Waals surface area contributed by atoms with Gasteiger partial charge in [0.1, 0.15) is 18.1 Å². The van der Waals surface area contributed by atoms with Gasteiger partial charge >= 0.3 is 6.03 Å². The Morgan fingerprint density at radius 2 is 1.35 bits per heavy atom. The standard InChI is InChI=1S/C64H107N11O15S/c1-19-41(8)55(73(16)61(84)53(39(4)5)70-60(83)54(40(6)7)72(14)15)47(88-17)32-51(79)74-31-21-23-46(74)56(89-18)42(9)57(80)71-91(86,87)34-43-24-26-44(27-25-43)67-58(81)45(22-20-30-66-62(65)85)68-59(82)52(38(2)3)69-48(76)33-63(10,11)36-90-37-64(12,13)35-75-49(77)28-29-50(75)78/h24-29,38-42,45-47,52-56H,19-23,30-37H2,1-18H3,(H,67,81)(H,68,82)(H,69,76)(H,70,83)(H,71,80)(H3,65,66,85). The van der Waals surface area contributed by atoms with Gasteiger partial charge in [-0.15, -0.1) is 0 Å². The molecule has 91 heavy (non-hydrogen) atoms. The second kappa shape index (κ2) is 35.5. The topological polar surface area (TPSA) is 344 Å². The predicted molar refractivity (Wildman–Crippen MR) is 345 cm³/mol. The number of nitrogens with zero attached hydrogens (tertiary/aromatic N) is 4. The molecular weight excluding hydrogens is 1190 g/mol. The first-order valence-electron chi connectivity index (χ1n) is 31.6. The van der Waals surface area contributed by atoms with Gasteiger partial charge < -0.3 is 56.3 Å². The van der Waals surface area contributed by atoms with Crippen molar-refractivity contribution in [1.82, 2.24) is 45.6 Å². The van der Waals surface area contributed by atoms with Crippen LogP contribution in [0.3, 0.4) is 0 Å². The number of likely N-dealkylation sites (tertiary alicyclic amines) is 1. The normalized spacial score (nSPS) is 17.7. The van der Waals surface area contributed by atoms with E-state index in [9.17, 15) is 56.4 Å². The lowest BCUT2D eigenvalue weighted by atomic mass is 9.89. The number of nitrogens with one attached hydrogen (secondary N) is 6. The highest BCUT2D eigenvalue weighted by atomic mass is 32.2. The fourth-order valence-electron chi connectivity index (χ4n) is 11.8. The number of amides is 11. The maximum atomic E-state index is 14.4. The number of hydrogen-bond donors (Lipinski definition) is 7. The highest BCUT2D eigenvalue weighted by molar-refractivity contribution is 7.89. The van der Waals surface area contributed by atoms with E-state index in [-0.39, 0.29) is 98.7 Å². The number of methoxy groups -OCH3 is 2. The van der Waals surface area contributed by atoms with E-state index < -0.39 is 128 Å². The third-order valence-corrected chi connectivity index (χ3v) is 18.0. The molecule has 0 aromatic heterocycles. The molecule has 2 aliphatic heterocycles. The molecule has 1 aromatic carbocycles. The fourth-order valence-corrected chi connectivity index (χ4v) is 13.0. The highest BCUT2D eigenvalue weighted by Crippen LogP contribution is 2.31. The maximum absolute atomic E-state index is 14.4. The number of sulfonamides is 1. The molecule has 11 amide bonds. The summed E-state index contributed by atoms with van der Waals surface area (Å²) in [6.45, 7) is 24.8. The monoisotopic (exact) mass is 1300 g/mol. The first-order valence-corrected chi connectivity index (χ1v) is 33.2. The van der Waals surface area contributed by atoms with E-state index in [1.807, 2.05) is 88.2 Å². The lowest BCUT2D eigenvalue weighted by Gasteiger charge is -2.41. The van der Waals surface area contributed by atoms with Crippen LogP contribution in [0.5, 0.6) is 0 Å². The molecule has 26 nitrogen and oxygen atoms in total. The van der Waals surface area contributed by atoms with Crippen LogP contribution in [0.15, 0.2) is 36.4 Å². The van der Waals surface area contributed by atoms with E-state index in [2.05, 4.69) is 31.3 Å². The smallest absolute Gasteiger partial charge is 0.312 e. The lowest BCUT2D eigenvalue weighted by Crippen LogP contribution is -2.59. The molecule has 1 fully saturated rings. The zero-order chi connectivity index (χ0) is 69.0. The van der Waals surface area contributed by atoms with Gasteiger partial charge in [0.25, 0.3) is 11.8 Å². The van der Waals surface area contributed by atoms with Crippen LogP contribution in [0.4, 0.5) is 10.5 Å². The Morgan fingerprint density at radius 1 is 0.758 bits per heavy atom. The Bertz CT molecular complexity index is 2780. The van der Waals surface area contributed by atoms with Crippen LogP contribution in [-0.2, 0) is 73.1 Å². The van der Waals surface area contributed by atoms with E-state index >= 15 is 0 Å². The number of nitrogens with two attached hydrogens (primary N) is 1. The zero-order valence-corrected chi connectivity index (χ0v) is 57.9. The summed E-state index contributed by atoms with van der Waals surface area (Å²) in [6.07, 6.45) is 2.55. The minimum atomic E-state index is -4.33. The Hall–Kier alpha value is -6.55. The van der Waals surface area contributed by atoms with E-state index in [1.165, 1.54) is 57.6 Å². The third-order valence-electron chi connectivity index (χ3n) is 16.8. The van der Waals surface area contributed by atoms with Crippen molar-refractivity contribution >= 4 is 74.9 Å². The number of hydrogen-bond acceptors (Lipinski definition) is 16. The van der Waals surface area contributed by atoms with E-state index in [0.29, 0.717) is 25.8 Å². The number of carbonyl (C=O) groups excluding carboxylic acids is 10. The SMILES string of the molecule is CCC(C)C(C(CC(=O)N1CCCC1C(OC)C(C)C(=O)NS(=O)(=O)Cc1ccc(NC(=O)C(CCCNC(N)=O)NC(=O)C(NC(=O)CC(C)(C)COCC(C)(C)CN2C(=O)C=CC2=O)C(C)C)cc1)OC)N(C)C(=O)C(NC(=O)C(C(C)C)N(C)C)C(C)C. The maximum Gasteiger partial charge on any atom is 0.312 e. The van der Waals surface area contributed by atoms with Gasteiger partial charge in [-0.1, -0.05) is 109 Å². The average Bonchev–Trinajstić information content (AvgIpc) is 1.83. The van der Waals surface area contributed by atoms with Crippen LogP contribution in [0.25, 0.3) is 0 Å². The summed E-state index contributed by atoms with van der Waals surface area (Å²) in [4.78, 5) is 139. The van der Waals surface area contributed by atoms with Crippen LogP contribution in [0.2, 0.25) is 0 Å². The Labute approximate surface area is 539 Å². The van der Waals surface area contributed by atoms with Gasteiger partial charge in [-0.3, -0.25) is 57.7 Å². The molecule has 0 bridgehead atoms. The first-order chi connectivity index (χ1) is 42.3. The Balaban J connectivity index is 1.69. The second-order valence-electron chi connectivity index (χ2n) is 27.3. The van der Waals surface area contributed by atoms with Gasteiger partial charge in [-0.2, -0.15) is 0 Å². The molecular formula is C64H107N11O15S. The van der Waals surface area contributed by atoms with Crippen LogP contribution >= 0.6 is 0 Å². The quantitative estimate of drug-likeness (QED) is 0.0367. The van der Waals surface area contributed by atoms with Crippen molar-refractivity contribution in [3.8, 4) is 0 Å². The molecule has 1 aromatic rings. The average molecular weight is 1300 g/mol. The largest absolute Gasteiger partial charge is 0.380 e. The summed E-state index contributed by atoms with van der Waals surface area (Å²) < 4.78 is 47.4. The van der Waals surface area contributed by atoms with Crippen molar-refractivity contribution in [2.24, 2.45) is 46.2 Å². The molecule has 0 spiro atoms. The number of imide groups is 1. The summed E-state index contributed by atoms with van der Waals surface area (Å²) >= 11 is 0. The van der Waals surface area contributed by atoms with Crippen molar-refractivity contribution in [3.63, 3.8) is 0 Å². The van der Waals surface area contributed by atoms with Gasteiger partial charge in [0.2, 0.25) is 51.4 Å². The molecule has 0 aliphatic carbocycles. The summed E-state index contributed by atoms with van der Waals surface area (Å²) in [5.74, 6) is -6.78. The molecule has 10 atom stereocenters. The number of rotatable bonds is 38. The number of likely N-dealkylation sites (N-methyl/N-ethyl adjacent to an activating group) is 2. The molecule has 2 aliphatic rings. The molecule has 27 heteroatoms. The van der Waals surface area contributed by atoms with Crippen LogP contribution in [0.1, 0.15) is 141 Å². The molecule has 1 saturated heterocycles. The van der Waals surface area contributed by atoms with Crippen LogP contribution in [-0.4, -0.2) is 204 Å². The minimum absolute atomic E-state index is 0.0187. The molecule has 0 saturated carbocycles. The molecule has 514 valence electrons. The van der Waals surface area contributed by atoms with E-state index in [0.717, 1.165) is 4.90 Å². The highest BCUT2D eigenvalue weighted by Gasteiger charge is 2.44. The van der Waals surface area contributed by atoms with E-state index in [1.54, 1.807) is 30.7 Å². The van der Waals surface area contributed by atoms with Gasteiger partial charge in [0.05, 0.1) is 61.6 Å². The summed E-state index contributed by atoms with van der Waals surface area (Å²) in [5.41, 5.74) is 4.46. The summed E-state index contributed by atoms with van der Waals surface area (Å²) in [7, 11) is 3.86. The number of carbonyl (C=O) groups is 10. The zero-order valence-electron chi connectivity index (χ0n) is 57.1. The minimum Gasteiger partial charge on any atom is -0.380 e. The van der Waals surface area contributed by atoms with Crippen molar-refractivity contribution in [2.45, 2.75) is 189 Å². The second-order valence-corrected chi connectivity index (χ2v) is 29.0. The number of anilines is 1. The molecule has 10 unspecified atom stereocenters. The third kappa shape index (κ3) is 24.1. The predicted octanol–water partition coefficient (Wildman–Crippen LogP) is 3.68. The molecule has 2 heterocycles.